The van der Waals surface area contributed by atoms with E-state index in [9.17, 15) is 18.0 Å². The summed E-state index contributed by atoms with van der Waals surface area (Å²) >= 11 is 0. The standard InChI is InChI=1S/C8H16N2O5S/c1-16(14,15)5-3-7(11)10-4-2-6(9)8(12)13/h6H,2-5,9H2,1H3,(H,10,11)(H,12,13)/t6-/m0/s1. The highest BCUT2D eigenvalue weighted by molar-refractivity contribution is 7.90. The van der Waals surface area contributed by atoms with Crippen LogP contribution in [0.25, 0.3) is 0 Å². The summed E-state index contributed by atoms with van der Waals surface area (Å²) in [6, 6.07) is -1.02. The molecule has 0 fully saturated rings. The van der Waals surface area contributed by atoms with E-state index in [1.807, 2.05) is 0 Å². The van der Waals surface area contributed by atoms with Crippen molar-refractivity contribution in [3.05, 3.63) is 0 Å². The molecule has 8 heteroatoms. The maximum Gasteiger partial charge on any atom is 0.320 e. The summed E-state index contributed by atoms with van der Waals surface area (Å²) in [6.07, 6.45) is 1.03. The van der Waals surface area contributed by atoms with Gasteiger partial charge in [-0.2, -0.15) is 0 Å². The van der Waals surface area contributed by atoms with Gasteiger partial charge in [0.15, 0.2) is 0 Å². The fraction of sp³-hybridized carbons (Fsp3) is 0.750. The number of nitrogens with one attached hydrogen (secondary N) is 1. The summed E-state index contributed by atoms with van der Waals surface area (Å²) in [7, 11) is -3.15. The number of hydrogen-bond acceptors (Lipinski definition) is 5. The van der Waals surface area contributed by atoms with Crippen LogP contribution in [0, 0.1) is 0 Å². The van der Waals surface area contributed by atoms with Gasteiger partial charge in [0.2, 0.25) is 5.91 Å². The number of hydrogen-bond donors (Lipinski definition) is 3. The first-order valence-electron chi connectivity index (χ1n) is 4.65. The van der Waals surface area contributed by atoms with Crippen LogP contribution in [0.15, 0.2) is 0 Å². The molecule has 0 aliphatic carbocycles. The van der Waals surface area contributed by atoms with E-state index >= 15 is 0 Å². The van der Waals surface area contributed by atoms with E-state index in [1.165, 1.54) is 0 Å². The van der Waals surface area contributed by atoms with E-state index in [0.717, 1.165) is 6.26 Å². The van der Waals surface area contributed by atoms with E-state index in [-0.39, 0.29) is 25.1 Å². The van der Waals surface area contributed by atoms with Crippen molar-refractivity contribution in [2.24, 2.45) is 5.73 Å². The number of carboxylic acids is 1. The van der Waals surface area contributed by atoms with Gasteiger partial charge in [0.1, 0.15) is 15.9 Å². The summed E-state index contributed by atoms with van der Waals surface area (Å²) in [5.41, 5.74) is 5.20. The highest BCUT2D eigenvalue weighted by atomic mass is 32.2. The van der Waals surface area contributed by atoms with Crippen molar-refractivity contribution in [1.82, 2.24) is 5.32 Å². The molecule has 1 atom stereocenters. The monoisotopic (exact) mass is 252 g/mol. The average molecular weight is 252 g/mol. The first-order valence-corrected chi connectivity index (χ1v) is 6.71. The molecule has 0 aliphatic rings. The molecule has 4 N–H and O–H groups in total. The van der Waals surface area contributed by atoms with E-state index in [4.69, 9.17) is 10.8 Å². The van der Waals surface area contributed by atoms with E-state index in [1.54, 1.807) is 0 Å². The molecule has 0 aromatic carbocycles. The van der Waals surface area contributed by atoms with E-state index in [2.05, 4.69) is 5.32 Å². The summed E-state index contributed by atoms with van der Waals surface area (Å²) < 4.78 is 21.5. The Bertz CT molecular complexity index is 351. The van der Waals surface area contributed by atoms with Crippen LogP contribution in [-0.2, 0) is 19.4 Å². The van der Waals surface area contributed by atoms with Crippen LogP contribution in [0.4, 0.5) is 0 Å². The lowest BCUT2D eigenvalue weighted by Crippen LogP contribution is -2.35. The van der Waals surface area contributed by atoms with Gasteiger partial charge in [-0.1, -0.05) is 0 Å². The lowest BCUT2D eigenvalue weighted by Gasteiger charge is -2.07. The minimum Gasteiger partial charge on any atom is -0.480 e. The van der Waals surface area contributed by atoms with Crippen LogP contribution in [-0.4, -0.2) is 50.0 Å². The van der Waals surface area contributed by atoms with Crippen LogP contribution >= 0.6 is 0 Å². The molecule has 94 valence electrons. The number of nitrogens with two attached hydrogens (primary N) is 1. The number of rotatable bonds is 7. The molecule has 0 saturated heterocycles. The van der Waals surface area contributed by atoms with E-state index < -0.39 is 27.8 Å². The van der Waals surface area contributed by atoms with Crippen LogP contribution in [0.3, 0.4) is 0 Å². The largest absolute Gasteiger partial charge is 0.480 e. The highest BCUT2D eigenvalue weighted by Gasteiger charge is 2.12. The molecule has 0 rings (SSSR count). The Morgan fingerprint density at radius 3 is 2.44 bits per heavy atom. The van der Waals surface area contributed by atoms with E-state index in [0.29, 0.717) is 0 Å². The number of sulfone groups is 1. The van der Waals surface area contributed by atoms with Crippen molar-refractivity contribution < 1.29 is 23.1 Å². The van der Waals surface area contributed by atoms with Gasteiger partial charge in [0, 0.05) is 19.2 Å². The lowest BCUT2D eigenvalue weighted by atomic mass is 10.2. The molecule has 0 heterocycles. The van der Waals surface area contributed by atoms with Gasteiger partial charge in [-0.25, -0.2) is 8.42 Å². The molecule has 0 bridgehead atoms. The number of carboxylic acid groups (broad SMARTS) is 1. The average Bonchev–Trinajstić information content (AvgIpc) is 2.13. The molecule has 1 amide bonds. The number of amides is 1. The van der Waals surface area contributed by atoms with Crippen molar-refractivity contribution in [2.45, 2.75) is 18.9 Å². The summed E-state index contributed by atoms with van der Waals surface area (Å²) in [5.74, 6) is -1.78. The fourth-order valence-corrected chi connectivity index (χ4v) is 1.41. The molecule has 16 heavy (non-hydrogen) atoms. The summed E-state index contributed by atoms with van der Waals surface area (Å²) in [6.45, 7) is 0.121. The zero-order chi connectivity index (χ0) is 12.8. The number of carbonyl (C=O) groups is 2. The van der Waals surface area contributed by atoms with Crippen molar-refractivity contribution in [3.8, 4) is 0 Å². The molecule has 0 aromatic rings. The Hall–Kier alpha value is -1.15. The SMILES string of the molecule is CS(=O)(=O)CCC(=O)NCC[C@H](N)C(=O)O. The Morgan fingerprint density at radius 2 is 2.00 bits per heavy atom. The maximum atomic E-state index is 11.1. The number of carbonyl (C=O) groups excluding carboxylic acids is 1. The van der Waals surface area contributed by atoms with Gasteiger partial charge in [-0.15, -0.1) is 0 Å². The third kappa shape index (κ3) is 8.18. The maximum absolute atomic E-state index is 11.1. The third-order valence-corrected chi connectivity index (χ3v) is 2.74. The van der Waals surface area contributed by atoms with Gasteiger partial charge in [-0.05, 0) is 6.42 Å². The van der Waals surface area contributed by atoms with Crippen LogP contribution in [0.5, 0.6) is 0 Å². The third-order valence-electron chi connectivity index (χ3n) is 1.79. The molecule has 0 saturated carbocycles. The predicted molar refractivity (Wildman–Crippen MR) is 57.6 cm³/mol. The summed E-state index contributed by atoms with van der Waals surface area (Å²) in [4.78, 5) is 21.4. The highest BCUT2D eigenvalue weighted by Crippen LogP contribution is 1.90. The molecule has 7 nitrogen and oxygen atoms in total. The smallest absolute Gasteiger partial charge is 0.320 e. The second kappa shape index (κ2) is 6.44. The van der Waals surface area contributed by atoms with Crippen molar-refractivity contribution >= 4 is 21.7 Å². The topological polar surface area (TPSA) is 127 Å². The van der Waals surface area contributed by atoms with Gasteiger partial charge >= 0.3 is 5.97 Å². The normalized spacial score (nSPS) is 13.1. The van der Waals surface area contributed by atoms with Crippen molar-refractivity contribution in [1.29, 1.82) is 0 Å². The Balaban J connectivity index is 3.71. The zero-order valence-electron chi connectivity index (χ0n) is 8.97. The minimum atomic E-state index is -3.15. The molecule has 0 aromatic heterocycles. The molecular weight excluding hydrogens is 236 g/mol. The van der Waals surface area contributed by atoms with Gasteiger partial charge in [0.25, 0.3) is 0 Å². The van der Waals surface area contributed by atoms with Crippen molar-refractivity contribution in [3.63, 3.8) is 0 Å². The Kier molecular flexibility index (Phi) is 5.97. The van der Waals surface area contributed by atoms with Gasteiger partial charge in [-0.3, -0.25) is 9.59 Å². The minimum absolute atomic E-state index is 0.111. The number of aliphatic carboxylic acids is 1. The Morgan fingerprint density at radius 1 is 1.44 bits per heavy atom. The fourth-order valence-electron chi connectivity index (χ4n) is 0.857. The summed E-state index contributed by atoms with van der Waals surface area (Å²) in [5, 5.41) is 10.8. The van der Waals surface area contributed by atoms with Gasteiger partial charge < -0.3 is 16.2 Å². The second-order valence-corrected chi connectivity index (χ2v) is 5.72. The zero-order valence-corrected chi connectivity index (χ0v) is 9.79. The van der Waals surface area contributed by atoms with Crippen molar-refractivity contribution in [2.75, 3.05) is 18.6 Å². The molecule has 0 radical (unpaired) electrons. The predicted octanol–water partition coefficient (Wildman–Crippen LogP) is -1.66. The van der Waals surface area contributed by atoms with Crippen LogP contribution in [0.2, 0.25) is 0 Å². The first kappa shape index (κ1) is 14.8. The molecule has 0 unspecified atom stereocenters. The quantitative estimate of drug-likeness (QED) is 0.497. The molecular formula is C8H16N2O5S. The molecule has 0 aliphatic heterocycles. The second-order valence-electron chi connectivity index (χ2n) is 3.46. The molecule has 0 spiro atoms. The lowest BCUT2D eigenvalue weighted by molar-refractivity contribution is -0.138. The van der Waals surface area contributed by atoms with Gasteiger partial charge in [0.05, 0.1) is 5.75 Å². The first-order chi connectivity index (χ1) is 7.22. The van der Waals surface area contributed by atoms with Crippen LogP contribution in [0.1, 0.15) is 12.8 Å². The Labute approximate surface area is 93.9 Å². The van der Waals surface area contributed by atoms with Crippen LogP contribution < -0.4 is 11.1 Å².